The highest BCUT2D eigenvalue weighted by Gasteiger charge is 2.12. The van der Waals surface area contributed by atoms with E-state index in [0.29, 0.717) is 13.0 Å². The van der Waals surface area contributed by atoms with Crippen molar-refractivity contribution in [2.75, 3.05) is 6.54 Å². The normalized spacial score (nSPS) is 11.4. The second-order valence-corrected chi connectivity index (χ2v) is 12.5. The zero-order valence-electron chi connectivity index (χ0n) is 27.0. The fraction of sp³-hybridized carbons (Fsp3) is 0.163. The van der Waals surface area contributed by atoms with E-state index in [1.165, 1.54) is 81.8 Å². The Morgan fingerprint density at radius 3 is 1.48 bits per heavy atom. The van der Waals surface area contributed by atoms with Crippen molar-refractivity contribution in [3.8, 4) is 0 Å². The number of unbranched alkanes of at least 4 members (excludes halogenated alkanes) is 1. The largest absolute Gasteiger partial charge is 0.353 e. The van der Waals surface area contributed by atoms with Gasteiger partial charge < -0.3 is 5.32 Å². The van der Waals surface area contributed by atoms with Gasteiger partial charge in [-0.25, -0.2) is 5.84 Å². The molecule has 0 spiro atoms. The first-order valence-electron chi connectivity index (χ1n) is 16.8. The number of hydrogen-bond donors (Lipinski definition) is 3. The first kappa shape index (κ1) is 31.1. The van der Waals surface area contributed by atoms with Crippen molar-refractivity contribution in [3.63, 3.8) is 0 Å². The summed E-state index contributed by atoms with van der Waals surface area (Å²) in [5.41, 5.74) is 4.87. The number of aryl methyl sites for hydroxylation is 2. The van der Waals surface area contributed by atoms with E-state index >= 15 is 0 Å². The SMILES string of the molecule is C=CC(=O)NCCCCc1ccc2ccc3cccc4ccc1c2c34.NNC(=O)CCCc1ccc2ccc3cccc4ccc1c2c34. The average Bonchev–Trinajstić information content (AvgIpc) is 3.13. The Kier molecular flexibility index (Phi) is 8.87. The van der Waals surface area contributed by atoms with E-state index in [-0.39, 0.29) is 11.8 Å². The van der Waals surface area contributed by atoms with Crippen LogP contribution in [-0.4, -0.2) is 18.4 Å². The molecule has 5 nitrogen and oxygen atoms in total. The molecule has 4 N–H and O–H groups in total. The molecule has 0 saturated heterocycles. The summed E-state index contributed by atoms with van der Waals surface area (Å²) < 4.78 is 0. The molecule has 0 fully saturated rings. The maximum absolute atomic E-state index is 11.3. The summed E-state index contributed by atoms with van der Waals surface area (Å²) in [6.07, 6.45) is 6.51. The van der Waals surface area contributed by atoms with Gasteiger partial charge in [0.05, 0.1) is 0 Å². The van der Waals surface area contributed by atoms with Crippen LogP contribution in [0.3, 0.4) is 0 Å². The highest BCUT2D eigenvalue weighted by molar-refractivity contribution is 6.24. The van der Waals surface area contributed by atoms with Crippen molar-refractivity contribution in [2.45, 2.75) is 38.5 Å². The number of hydrazine groups is 1. The van der Waals surface area contributed by atoms with Crippen LogP contribution in [0.2, 0.25) is 0 Å². The predicted molar refractivity (Wildman–Crippen MR) is 202 cm³/mol. The second kappa shape index (κ2) is 13.7. The lowest BCUT2D eigenvalue weighted by Crippen LogP contribution is -2.29. The number of benzene rings is 8. The van der Waals surface area contributed by atoms with Crippen molar-refractivity contribution in [2.24, 2.45) is 5.84 Å². The monoisotopic (exact) mass is 629 g/mol. The van der Waals surface area contributed by atoms with Crippen molar-refractivity contribution >= 4 is 76.4 Å². The molecule has 5 heteroatoms. The lowest BCUT2D eigenvalue weighted by Gasteiger charge is -2.14. The molecular formula is C43H39N3O2. The molecule has 0 heterocycles. The minimum Gasteiger partial charge on any atom is -0.353 e. The maximum Gasteiger partial charge on any atom is 0.243 e. The van der Waals surface area contributed by atoms with E-state index in [1.807, 2.05) is 0 Å². The topological polar surface area (TPSA) is 84.2 Å². The number of hydrogen-bond acceptors (Lipinski definition) is 3. The van der Waals surface area contributed by atoms with Crippen LogP contribution in [0.25, 0.3) is 64.6 Å². The van der Waals surface area contributed by atoms with Gasteiger partial charge >= 0.3 is 0 Å². The molecule has 8 aromatic rings. The molecule has 8 rings (SSSR count). The van der Waals surface area contributed by atoms with Crippen LogP contribution in [0.5, 0.6) is 0 Å². The summed E-state index contributed by atoms with van der Waals surface area (Å²) in [6, 6.07) is 39.5. The zero-order valence-corrected chi connectivity index (χ0v) is 27.0. The van der Waals surface area contributed by atoms with Crippen LogP contribution in [-0.2, 0) is 22.4 Å². The van der Waals surface area contributed by atoms with Gasteiger partial charge in [0.2, 0.25) is 11.8 Å². The quantitative estimate of drug-likeness (QED) is 0.0352. The molecule has 0 aliphatic rings. The van der Waals surface area contributed by atoms with E-state index < -0.39 is 0 Å². The third-order valence-electron chi connectivity index (χ3n) is 9.61. The number of carbonyl (C=O) groups excluding carboxylic acids is 2. The summed E-state index contributed by atoms with van der Waals surface area (Å²) in [6.45, 7) is 4.17. The molecular weight excluding hydrogens is 590 g/mol. The smallest absolute Gasteiger partial charge is 0.243 e. The van der Waals surface area contributed by atoms with Gasteiger partial charge in [-0.1, -0.05) is 116 Å². The summed E-state index contributed by atoms with van der Waals surface area (Å²) in [5, 5.41) is 18.7. The standard InChI is InChI=1S/C23H21NO.C20H18N2O/c1-2-21(25)24-15-4-3-6-16-9-10-19-12-11-17-7-5-8-18-13-14-20(16)23(19)22(17)18;21-22-18(23)6-2-3-13-7-8-16-10-9-14-4-1-5-15-11-12-17(13)20(16)19(14)15/h2,5,7-14H,1,3-4,6,15H2,(H,24,25);1,4-5,7-12H,2-3,6,21H2,(H,22,23). The van der Waals surface area contributed by atoms with Crippen LogP contribution in [0.4, 0.5) is 0 Å². The molecule has 238 valence electrons. The Bertz CT molecular complexity index is 2380. The molecule has 0 unspecified atom stereocenters. The highest BCUT2D eigenvalue weighted by Crippen LogP contribution is 2.37. The molecule has 0 bridgehead atoms. The Labute approximate surface area is 280 Å². The first-order chi connectivity index (χ1) is 23.6. The summed E-state index contributed by atoms with van der Waals surface area (Å²) in [5.74, 6) is 4.94. The van der Waals surface area contributed by atoms with Crippen LogP contribution >= 0.6 is 0 Å². The minimum atomic E-state index is -0.109. The number of nitrogens with one attached hydrogen (secondary N) is 2. The van der Waals surface area contributed by atoms with Gasteiger partial charge in [0.25, 0.3) is 0 Å². The van der Waals surface area contributed by atoms with Crippen molar-refractivity contribution in [1.29, 1.82) is 0 Å². The molecule has 2 amide bonds. The van der Waals surface area contributed by atoms with Gasteiger partial charge in [-0.15, -0.1) is 0 Å². The molecule has 48 heavy (non-hydrogen) atoms. The van der Waals surface area contributed by atoms with Gasteiger partial charge in [-0.3, -0.25) is 15.0 Å². The van der Waals surface area contributed by atoms with E-state index in [4.69, 9.17) is 5.84 Å². The molecule has 0 aromatic heterocycles. The van der Waals surface area contributed by atoms with E-state index in [9.17, 15) is 9.59 Å². The fourth-order valence-electron chi connectivity index (χ4n) is 7.26. The van der Waals surface area contributed by atoms with Crippen LogP contribution in [0.1, 0.15) is 36.8 Å². The third kappa shape index (κ3) is 6.01. The first-order valence-corrected chi connectivity index (χ1v) is 16.8. The predicted octanol–water partition coefficient (Wildman–Crippen LogP) is 9.11. The average molecular weight is 630 g/mol. The Morgan fingerprint density at radius 2 is 1.00 bits per heavy atom. The molecule has 0 atom stereocenters. The second-order valence-electron chi connectivity index (χ2n) is 12.5. The fourth-order valence-corrected chi connectivity index (χ4v) is 7.26. The van der Waals surface area contributed by atoms with E-state index in [0.717, 1.165) is 32.1 Å². The molecule has 0 aliphatic carbocycles. The van der Waals surface area contributed by atoms with Gasteiger partial charge in [0.15, 0.2) is 0 Å². The van der Waals surface area contributed by atoms with E-state index in [1.54, 1.807) is 0 Å². The van der Waals surface area contributed by atoms with Gasteiger partial charge in [-0.05, 0) is 114 Å². The van der Waals surface area contributed by atoms with E-state index in [2.05, 4.69) is 127 Å². The van der Waals surface area contributed by atoms with Gasteiger partial charge in [0, 0.05) is 13.0 Å². The number of nitrogens with two attached hydrogens (primary N) is 1. The molecule has 0 saturated carbocycles. The van der Waals surface area contributed by atoms with Crippen molar-refractivity contribution < 1.29 is 9.59 Å². The van der Waals surface area contributed by atoms with Gasteiger partial charge in [-0.2, -0.15) is 0 Å². The lowest BCUT2D eigenvalue weighted by atomic mass is 9.90. The van der Waals surface area contributed by atoms with Crippen LogP contribution < -0.4 is 16.6 Å². The van der Waals surface area contributed by atoms with Crippen LogP contribution in [0.15, 0.2) is 122 Å². The summed E-state index contributed by atoms with van der Waals surface area (Å²) >= 11 is 0. The molecule has 0 aliphatic heterocycles. The summed E-state index contributed by atoms with van der Waals surface area (Å²) in [7, 11) is 0. The lowest BCUT2D eigenvalue weighted by molar-refractivity contribution is -0.121. The van der Waals surface area contributed by atoms with Gasteiger partial charge in [0.1, 0.15) is 0 Å². The zero-order chi connectivity index (χ0) is 33.0. The molecule has 8 aromatic carbocycles. The maximum atomic E-state index is 11.3. The van der Waals surface area contributed by atoms with Crippen molar-refractivity contribution in [1.82, 2.24) is 10.7 Å². The minimum absolute atomic E-state index is 0.0947. The number of amides is 2. The Morgan fingerprint density at radius 1 is 0.562 bits per heavy atom. The highest BCUT2D eigenvalue weighted by atomic mass is 16.2. The van der Waals surface area contributed by atoms with Crippen LogP contribution in [0, 0.1) is 0 Å². The Balaban J connectivity index is 0.000000152. The Hall–Kier alpha value is -5.52. The number of carbonyl (C=O) groups is 2. The number of rotatable bonds is 10. The third-order valence-corrected chi connectivity index (χ3v) is 9.61. The van der Waals surface area contributed by atoms with Crippen molar-refractivity contribution in [3.05, 3.63) is 133 Å². The molecule has 0 radical (unpaired) electrons. The summed E-state index contributed by atoms with van der Waals surface area (Å²) in [4.78, 5) is 22.5.